The van der Waals surface area contributed by atoms with E-state index >= 15 is 0 Å². The van der Waals surface area contributed by atoms with Crippen molar-refractivity contribution >= 4 is 16.9 Å². The van der Waals surface area contributed by atoms with Crippen LogP contribution in [0.5, 0.6) is 0 Å². The van der Waals surface area contributed by atoms with Gasteiger partial charge in [-0.1, -0.05) is 13.0 Å². The number of nitrogens with one attached hydrogen (secondary N) is 1. The number of nitrogens with zero attached hydrogens (tertiary/aromatic N) is 3. The Labute approximate surface area is 160 Å². The quantitative estimate of drug-likeness (QED) is 0.672. The molecule has 4 rings (SSSR count). The van der Waals surface area contributed by atoms with Gasteiger partial charge in [0.25, 0.3) is 0 Å². The number of anilines is 1. The highest BCUT2D eigenvalue weighted by molar-refractivity contribution is 5.78. The van der Waals surface area contributed by atoms with E-state index in [0.717, 1.165) is 36.3 Å². The Bertz CT molecular complexity index is 887. The Balaban J connectivity index is 1.38. The van der Waals surface area contributed by atoms with E-state index in [-0.39, 0.29) is 0 Å². The fourth-order valence-corrected chi connectivity index (χ4v) is 3.77. The third-order valence-corrected chi connectivity index (χ3v) is 5.53. The first-order chi connectivity index (χ1) is 13.2. The molecular weight excluding hydrogens is 336 g/mol. The van der Waals surface area contributed by atoms with E-state index in [1.807, 2.05) is 12.4 Å². The van der Waals surface area contributed by atoms with Gasteiger partial charge in [0.1, 0.15) is 11.3 Å². The fourth-order valence-electron chi connectivity index (χ4n) is 3.77. The summed E-state index contributed by atoms with van der Waals surface area (Å²) in [6, 6.07) is 9.25. The standard InChI is InChI=1S/C22H28N4O/c1-3-17-13-23-22(24-14-17)25-15-18-6-7-21-19(11-18)12-20(27-21)8-10-26-9-4-5-16(26)2/h6-7,11-14,16H,3-5,8-10,15H2,1-2H3,(H,23,24,25)/t16-/m1/s1. The number of rotatable bonds is 7. The number of aromatic nitrogens is 2. The smallest absolute Gasteiger partial charge is 0.222 e. The molecule has 1 aromatic carbocycles. The van der Waals surface area contributed by atoms with E-state index in [0.29, 0.717) is 18.5 Å². The normalized spacial score (nSPS) is 17.6. The lowest BCUT2D eigenvalue weighted by Crippen LogP contribution is -2.28. The molecule has 27 heavy (non-hydrogen) atoms. The van der Waals surface area contributed by atoms with E-state index in [9.17, 15) is 0 Å². The van der Waals surface area contributed by atoms with Crippen molar-refractivity contribution in [3.8, 4) is 0 Å². The summed E-state index contributed by atoms with van der Waals surface area (Å²) in [5.74, 6) is 1.74. The second-order valence-corrected chi connectivity index (χ2v) is 7.48. The van der Waals surface area contributed by atoms with Crippen LogP contribution in [0.4, 0.5) is 5.95 Å². The zero-order valence-corrected chi connectivity index (χ0v) is 16.2. The topological polar surface area (TPSA) is 54.2 Å². The predicted octanol–water partition coefficient (Wildman–Crippen LogP) is 4.42. The van der Waals surface area contributed by atoms with Crippen LogP contribution in [-0.4, -0.2) is 34.0 Å². The minimum Gasteiger partial charge on any atom is -0.461 e. The van der Waals surface area contributed by atoms with Crippen molar-refractivity contribution in [3.63, 3.8) is 0 Å². The number of aryl methyl sites for hydroxylation is 1. The zero-order chi connectivity index (χ0) is 18.6. The Morgan fingerprint density at radius 3 is 2.78 bits per heavy atom. The predicted molar refractivity (Wildman–Crippen MR) is 109 cm³/mol. The van der Waals surface area contributed by atoms with E-state index in [1.54, 1.807) is 0 Å². The molecule has 0 radical (unpaired) electrons. The summed E-state index contributed by atoms with van der Waals surface area (Å²) >= 11 is 0. The first-order valence-corrected chi connectivity index (χ1v) is 10.0. The Kier molecular flexibility index (Phi) is 5.39. The van der Waals surface area contributed by atoms with Crippen LogP contribution in [0.25, 0.3) is 11.0 Å². The molecule has 1 saturated heterocycles. The lowest BCUT2D eigenvalue weighted by atomic mass is 10.1. The van der Waals surface area contributed by atoms with Crippen LogP contribution >= 0.6 is 0 Å². The molecule has 0 aliphatic carbocycles. The molecule has 1 aliphatic rings. The van der Waals surface area contributed by atoms with Crippen LogP contribution in [0, 0.1) is 0 Å². The number of hydrogen-bond donors (Lipinski definition) is 1. The third-order valence-electron chi connectivity index (χ3n) is 5.53. The number of hydrogen-bond acceptors (Lipinski definition) is 5. The Hall–Kier alpha value is -2.40. The highest BCUT2D eigenvalue weighted by atomic mass is 16.3. The fraction of sp³-hybridized carbons (Fsp3) is 0.455. The summed E-state index contributed by atoms with van der Waals surface area (Å²) in [7, 11) is 0. The minimum absolute atomic E-state index is 0.667. The lowest BCUT2D eigenvalue weighted by Gasteiger charge is -2.19. The van der Waals surface area contributed by atoms with Gasteiger partial charge < -0.3 is 14.6 Å². The van der Waals surface area contributed by atoms with Crippen LogP contribution in [0.1, 0.15) is 43.6 Å². The van der Waals surface area contributed by atoms with E-state index in [4.69, 9.17) is 4.42 Å². The molecule has 3 aromatic rings. The number of furan rings is 1. The monoisotopic (exact) mass is 364 g/mol. The molecule has 0 spiro atoms. The molecule has 3 heterocycles. The molecule has 0 amide bonds. The summed E-state index contributed by atoms with van der Waals surface area (Å²) in [4.78, 5) is 11.3. The van der Waals surface area contributed by atoms with Crippen molar-refractivity contribution < 1.29 is 4.42 Å². The largest absolute Gasteiger partial charge is 0.461 e. The first-order valence-electron chi connectivity index (χ1n) is 10.0. The molecule has 0 bridgehead atoms. The van der Waals surface area contributed by atoms with Gasteiger partial charge in [-0.25, -0.2) is 9.97 Å². The van der Waals surface area contributed by atoms with Gasteiger partial charge in [-0.15, -0.1) is 0 Å². The SMILES string of the molecule is CCc1cnc(NCc2ccc3oc(CCN4CCC[C@H]4C)cc3c2)nc1. The van der Waals surface area contributed by atoms with Crippen molar-refractivity contribution in [2.45, 2.75) is 52.1 Å². The molecule has 1 N–H and O–H groups in total. The molecule has 1 atom stereocenters. The first kappa shape index (κ1) is 18.0. The highest BCUT2D eigenvalue weighted by Gasteiger charge is 2.20. The maximum atomic E-state index is 6.03. The molecule has 0 unspecified atom stereocenters. The van der Waals surface area contributed by atoms with Gasteiger partial charge in [-0.05, 0) is 62.1 Å². The van der Waals surface area contributed by atoms with E-state index in [1.165, 1.54) is 30.3 Å². The molecule has 0 saturated carbocycles. The molecule has 2 aromatic heterocycles. The molecular formula is C22H28N4O. The molecule has 5 nitrogen and oxygen atoms in total. The summed E-state index contributed by atoms with van der Waals surface area (Å²) in [6.07, 6.45) is 8.33. The van der Waals surface area contributed by atoms with Crippen LogP contribution in [0.2, 0.25) is 0 Å². The van der Waals surface area contributed by atoms with E-state index in [2.05, 4.69) is 58.3 Å². The molecule has 1 fully saturated rings. The number of fused-ring (bicyclic) bond motifs is 1. The van der Waals surface area contributed by atoms with Crippen LogP contribution in [0.3, 0.4) is 0 Å². The minimum atomic E-state index is 0.667. The second-order valence-electron chi connectivity index (χ2n) is 7.48. The highest BCUT2D eigenvalue weighted by Crippen LogP contribution is 2.23. The van der Waals surface area contributed by atoms with Crippen molar-refractivity contribution in [2.24, 2.45) is 0 Å². The second kappa shape index (κ2) is 8.09. The average Bonchev–Trinajstić information content (AvgIpc) is 3.30. The van der Waals surface area contributed by atoms with Crippen LogP contribution in [0.15, 0.2) is 41.1 Å². The van der Waals surface area contributed by atoms with Crippen LogP contribution in [-0.2, 0) is 19.4 Å². The summed E-state index contributed by atoms with van der Waals surface area (Å²) in [5.41, 5.74) is 3.31. The van der Waals surface area contributed by atoms with Crippen LogP contribution < -0.4 is 5.32 Å². The number of likely N-dealkylation sites (tertiary alicyclic amines) is 1. The van der Waals surface area contributed by atoms with Crippen molar-refractivity contribution in [2.75, 3.05) is 18.4 Å². The summed E-state index contributed by atoms with van der Waals surface area (Å²) in [5, 5.41) is 4.46. The zero-order valence-electron chi connectivity index (χ0n) is 16.2. The maximum Gasteiger partial charge on any atom is 0.222 e. The average molecular weight is 364 g/mol. The maximum absolute atomic E-state index is 6.03. The molecule has 5 heteroatoms. The van der Waals surface area contributed by atoms with E-state index < -0.39 is 0 Å². The Morgan fingerprint density at radius 2 is 2.04 bits per heavy atom. The van der Waals surface area contributed by atoms with Crippen molar-refractivity contribution in [1.82, 2.24) is 14.9 Å². The van der Waals surface area contributed by atoms with Gasteiger partial charge in [0.15, 0.2) is 0 Å². The van der Waals surface area contributed by atoms with Gasteiger partial charge in [-0.3, -0.25) is 0 Å². The van der Waals surface area contributed by atoms with Gasteiger partial charge >= 0.3 is 0 Å². The van der Waals surface area contributed by atoms with Gasteiger partial charge in [0, 0.05) is 43.3 Å². The summed E-state index contributed by atoms with van der Waals surface area (Å²) < 4.78 is 6.03. The van der Waals surface area contributed by atoms with Crippen molar-refractivity contribution in [3.05, 3.63) is 53.5 Å². The van der Waals surface area contributed by atoms with Gasteiger partial charge in [-0.2, -0.15) is 0 Å². The number of benzene rings is 1. The summed E-state index contributed by atoms with van der Waals surface area (Å²) in [6.45, 7) is 7.43. The van der Waals surface area contributed by atoms with Gasteiger partial charge in [0.2, 0.25) is 5.95 Å². The molecule has 1 aliphatic heterocycles. The Morgan fingerprint density at radius 1 is 1.19 bits per heavy atom. The third kappa shape index (κ3) is 4.30. The van der Waals surface area contributed by atoms with Gasteiger partial charge in [0.05, 0.1) is 0 Å². The van der Waals surface area contributed by atoms with Crippen molar-refractivity contribution in [1.29, 1.82) is 0 Å². The molecule has 142 valence electrons. The lowest BCUT2D eigenvalue weighted by molar-refractivity contribution is 0.266.